The zero-order chi connectivity index (χ0) is 18.5. The Bertz CT molecular complexity index is 900. The maximum absolute atomic E-state index is 13.5. The fraction of sp³-hybridized carbons (Fsp3) is 0.200. The van der Waals surface area contributed by atoms with Crippen LogP contribution in [0.1, 0.15) is 13.3 Å². The molecule has 0 spiro atoms. The number of nitrogens with zero attached hydrogens (tertiary/aromatic N) is 2. The SMILES string of the molecule is CCC(N)CNc1ccnc(-c2cc(-c3cccc(F)c3)ccc2O)n1. The number of rotatable bonds is 6. The van der Waals surface area contributed by atoms with Gasteiger partial charge in [-0.25, -0.2) is 14.4 Å². The molecular formula is C20H21FN4O. The summed E-state index contributed by atoms with van der Waals surface area (Å²) in [4.78, 5) is 8.70. The first-order valence-corrected chi connectivity index (χ1v) is 8.48. The van der Waals surface area contributed by atoms with Crippen molar-refractivity contribution in [3.05, 3.63) is 60.5 Å². The summed E-state index contributed by atoms with van der Waals surface area (Å²) < 4.78 is 13.5. The number of aromatic hydroxyl groups is 1. The minimum atomic E-state index is -0.313. The third-order valence-corrected chi connectivity index (χ3v) is 4.12. The molecule has 2 aromatic carbocycles. The highest BCUT2D eigenvalue weighted by Crippen LogP contribution is 2.32. The van der Waals surface area contributed by atoms with E-state index in [1.165, 1.54) is 12.1 Å². The molecule has 0 fully saturated rings. The van der Waals surface area contributed by atoms with Gasteiger partial charge in [-0.2, -0.15) is 0 Å². The van der Waals surface area contributed by atoms with E-state index in [1.807, 2.05) is 13.0 Å². The molecule has 0 saturated heterocycles. The molecule has 6 heteroatoms. The number of phenols is 1. The lowest BCUT2D eigenvalue weighted by atomic mass is 10.0. The molecule has 1 aromatic heterocycles. The van der Waals surface area contributed by atoms with Gasteiger partial charge >= 0.3 is 0 Å². The van der Waals surface area contributed by atoms with Crippen molar-refractivity contribution in [2.24, 2.45) is 5.73 Å². The van der Waals surface area contributed by atoms with Gasteiger partial charge in [-0.1, -0.05) is 25.1 Å². The van der Waals surface area contributed by atoms with Crippen LogP contribution < -0.4 is 11.1 Å². The minimum Gasteiger partial charge on any atom is -0.507 e. The van der Waals surface area contributed by atoms with E-state index in [9.17, 15) is 9.50 Å². The normalized spacial score (nSPS) is 12.0. The summed E-state index contributed by atoms with van der Waals surface area (Å²) in [5, 5.41) is 13.4. The lowest BCUT2D eigenvalue weighted by molar-refractivity contribution is 0.477. The Hall–Kier alpha value is -2.99. The van der Waals surface area contributed by atoms with Crippen LogP contribution >= 0.6 is 0 Å². The molecule has 26 heavy (non-hydrogen) atoms. The third kappa shape index (κ3) is 4.15. The molecule has 1 unspecified atom stereocenters. The van der Waals surface area contributed by atoms with Gasteiger partial charge in [0.15, 0.2) is 5.82 Å². The molecule has 1 atom stereocenters. The summed E-state index contributed by atoms with van der Waals surface area (Å²) in [6.07, 6.45) is 2.48. The van der Waals surface area contributed by atoms with Crippen LogP contribution in [-0.2, 0) is 0 Å². The summed E-state index contributed by atoms with van der Waals surface area (Å²) >= 11 is 0. The van der Waals surface area contributed by atoms with E-state index < -0.39 is 0 Å². The van der Waals surface area contributed by atoms with Gasteiger partial charge in [0.25, 0.3) is 0 Å². The molecule has 5 nitrogen and oxygen atoms in total. The largest absolute Gasteiger partial charge is 0.507 e. The van der Waals surface area contributed by atoms with Crippen LogP contribution in [0.5, 0.6) is 5.75 Å². The average Bonchev–Trinajstić information content (AvgIpc) is 2.66. The first kappa shape index (κ1) is 17.8. The van der Waals surface area contributed by atoms with E-state index in [1.54, 1.807) is 36.5 Å². The third-order valence-electron chi connectivity index (χ3n) is 4.12. The van der Waals surface area contributed by atoms with Crippen LogP contribution in [0.15, 0.2) is 54.7 Å². The van der Waals surface area contributed by atoms with Gasteiger partial charge in [0.1, 0.15) is 17.4 Å². The number of phenolic OH excluding ortho intramolecular Hbond substituents is 1. The van der Waals surface area contributed by atoms with Crippen molar-refractivity contribution >= 4 is 5.82 Å². The Kier molecular flexibility index (Phi) is 5.43. The van der Waals surface area contributed by atoms with Gasteiger partial charge in [0.05, 0.1) is 5.56 Å². The number of nitrogens with two attached hydrogens (primary N) is 1. The van der Waals surface area contributed by atoms with E-state index in [2.05, 4.69) is 15.3 Å². The van der Waals surface area contributed by atoms with Gasteiger partial charge in [-0.05, 0) is 47.9 Å². The molecule has 134 valence electrons. The fourth-order valence-corrected chi connectivity index (χ4v) is 2.53. The molecule has 3 aromatic rings. The van der Waals surface area contributed by atoms with Gasteiger partial charge in [-0.3, -0.25) is 0 Å². The summed E-state index contributed by atoms with van der Waals surface area (Å²) in [7, 11) is 0. The fourth-order valence-electron chi connectivity index (χ4n) is 2.53. The summed E-state index contributed by atoms with van der Waals surface area (Å²) in [6, 6.07) is 13.1. The van der Waals surface area contributed by atoms with Crippen molar-refractivity contribution < 1.29 is 9.50 Å². The predicted molar refractivity (Wildman–Crippen MR) is 101 cm³/mol. The zero-order valence-electron chi connectivity index (χ0n) is 14.5. The highest BCUT2D eigenvalue weighted by atomic mass is 19.1. The van der Waals surface area contributed by atoms with E-state index in [-0.39, 0.29) is 17.6 Å². The van der Waals surface area contributed by atoms with Crippen molar-refractivity contribution in [2.45, 2.75) is 19.4 Å². The molecule has 0 amide bonds. The van der Waals surface area contributed by atoms with E-state index >= 15 is 0 Å². The quantitative estimate of drug-likeness (QED) is 0.628. The van der Waals surface area contributed by atoms with Crippen LogP contribution in [0.2, 0.25) is 0 Å². The Morgan fingerprint density at radius 1 is 1.15 bits per heavy atom. The number of hydrogen-bond donors (Lipinski definition) is 3. The van der Waals surface area contributed by atoms with Crippen LogP contribution in [0.25, 0.3) is 22.5 Å². The Labute approximate surface area is 151 Å². The van der Waals surface area contributed by atoms with E-state index in [0.29, 0.717) is 23.8 Å². The summed E-state index contributed by atoms with van der Waals surface area (Å²) in [5.74, 6) is 0.768. The number of hydrogen-bond acceptors (Lipinski definition) is 5. The molecule has 0 radical (unpaired) electrons. The van der Waals surface area contributed by atoms with Gasteiger partial charge in [0, 0.05) is 18.8 Å². The monoisotopic (exact) mass is 352 g/mol. The van der Waals surface area contributed by atoms with E-state index in [4.69, 9.17) is 5.73 Å². The number of halogens is 1. The average molecular weight is 352 g/mol. The number of benzene rings is 2. The second-order valence-electron chi connectivity index (χ2n) is 6.06. The lowest BCUT2D eigenvalue weighted by Gasteiger charge is -2.12. The Balaban J connectivity index is 1.92. The van der Waals surface area contributed by atoms with Crippen LogP contribution in [0, 0.1) is 5.82 Å². The summed E-state index contributed by atoms with van der Waals surface area (Å²) in [5.41, 5.74) is 7.88. The van der Waals surface area contributed by atoms with Gasteiger partial charge in [-0.15, -0.1) is 0 Å². The second kappa shape index (κ2) is 7.93. The molecule has 4 N–H and O–H groups in total. The number of anilines is 1. The molecule has 0 aliphatic heterocycles. The first-order valence-electron chi connectivity index (χ1n) is 8.48. The Morgan fingerprint density at radius 3 is 2.73 bits per heavy atom. The van der Waals surface area contributed by atoms with E-state index in [0.717, 1.165) is 17.5 Å². The molecule has 1 heterocycles. The van der Waals surface area contributed by atoms with Crippen molar-refractivity contribution in [2.75, 3.05) is 11.9 Å². The molecule has 3 rings (SSSR count). The highest BCUT2D eigenvalue weighted by Gasteiger charge is 2.11. The number of nitrogens with one attached hydrogen (secondary N) is 1. The minimum absolute atomic E-state index is 0.0399. The van der Waals surface area contributed by atoms with Gasteiger partial charge < -0.3 is 16.2 Å². The lowest BCUT2D eigenvalue weighted by Crippen LogP contribution is -2.28. The highest BCUT2D eigenvalue weighted by molar-refractivity contribution is 5.74. The molecular weight excluding hydrogens is 331 g/mol. The van der Waals surface area contributed by atoms with Crippen molar-refractivity contribution in [1.29, 1.82) is 0 Å². The Morgan fingerprint density at radius 2 is 1.96 bits per heavy atom. The molecule has 0 aliphatic carbocycles. The van der Waals surface area contributed by atoms with Crippen LogP contribution in [0.3, 0.4) is 0 Å². The first-order chi connectivity index (χ1) is 12.6. The van der Waals surface area contributed by atoms with Crippen molar-refractivity contribution in [1.82, 2.24) is 9.97 Å². The number of aromatic nitrogens is 2. The predicted octanol–water partition coefficient (Wildman–Crippen LogP) is 3.80. The summed E-state index contributed by atoms with van der Waals surface area (Å²) in [6.45, 7) is 2.62. The second-order valence-corrected chi connectivity index (χ2v) is 6.06. The molecule has 0 saturated carbocycles. The zero-order valence-corrected chi connectivity index (χ0v) is 14.5. The standard InChI is InChI=1S/C20H21FN4O/c1-2-16(22)12-24-19-8-9-23-20(25-19)17-11-14(6-7-18(17)26)13-4-3-5-15(21)10-13/h3-11,16,26H,2,12,22H2,1H3,(H,23,24,25). The molecule has 0 aliphatic rings. The maximum Gasteiger partial charge on any atom is 0.165 e. The molecule has 0 bridgehead atoms. The van der Waals surface area contributed by atoms with Crippen molar-refractivity contribution in [3.8, 4) is 28.3 Å². The van der Waals surface area contributed by atoms with Gasteiger partial charge in [0.2, 0.25) is 0 Å². The van der Waals surface area contributed by atoms with Crippen LogP contribution in [0.4, 0.5) is 10.2 Å². The van der Waals surface area contributed by atoms with Crippen LogP contribution in [-0.4, -0.2) is 27.7 Å². The maximum atomic E-state index is 13.5. The topological polar surface area (TPSA) is 84.1 Å². The van der Waals surface area contributed by atoms with Crippen molar-refractivity contribution in [3.63, 3.8) is 0 Å². The smallest absolute Gasteiger partial charge is 0.165 e.